The zero-order chi connectivity index (χ0) is 14.7. The molecule has 0 bridgehead atoms. The van der Waals surface area contributed by atoms with Crippen LogP contribution in [0, 0.1) is 12.7 Å². The Labute approximate surface area is 127 Å². The van der Waals surface area contributed by atoms with Crippen molar-refractivity contribution in [2.75, 3.05) is 7.05 Å². The second-order valence-electron chi connectivity index (χ2n) is 4.70. The summed E-state index contributed by atoms with van der Waals surface area (Å²) in [5.41, 5.74) is 1.92. The average molecular weight is 338 g/mol. The molecular formula is C16H17BrFNO. The van der Waals surface area contributed by atoms with Gasteiger partial charge in [-0.25, -0.2) is 4.39 Å². The maximum atomic E-state index is 13.3. The molecule has 0 aliphatic rings. The molecule has 0 aromatic heterocycles. The van der Waals surface area contributed by atoms with Gasteiger partial charge >= 0.3 is 0 Å². The molecule has 0 saturated heterocycles. The number of halogens is 2. The first-order valence-electron chi connectivity index (χ1n) is 6.42. The van der Waals surface area contributed by atoms with Gasteiger partial charge in [-0.3, -0.25) is 0 Å². The Bertz CT molecular complexity index is 615. The molecule has 0 saturated carbocycles. The van der Waals surface area contributed by atoms with Gasteiger partial charge in [0.1, 0.15) is 17.3 Å². The Morgan fingerprint density at radius 1 is 1.15 bits per heavy atom. The Kier molecular flexibility index (Phi) is 4.78. The van der Waals surface area contributed by atoms with Crippen molar-refractivity contribution in [2.45, 2.75) is 19.9 Å². The number of benzene rings is 2. The van der Waals surface area contributed by atoms with Gasteiger partial charge in [0, 0.05) is 22.1 Å². The lowest BCUT2D eigenvalue weighted by atomic mass is 10.1. The van der Waals surface area contributed by atoms with Crippen molar-refractivity contribution in [3.8, 4) is 11.5 Å². The first-order valence-corrected chi connectivity index (χ1v) is 7.21. The van der Waals surface area contributed by atoms with Crippen LogP contribution in [0.1, 0.15) is 24.1 Å². The molecular weight excluding hydrogens is 321 g/mol. The van der Waals surface area contributed by atoms with E-state index in [1.54, 1.807) is 6.07 Å². The van der Waals surface area contributed by atoms with E-state index in [9.17, 15) is 4.39 Å². The number of rotatable bonds is 4. The number of aryl methyl sites for hydroxylation is 1. The molecule has 1 N–H and O–H groups in total. The molecule has 1 unspecified atom stereocenters. The molecule has 0 fully saturated rings. The van der Waals surface area contributed by atoms with Crippen molar-refractivity contribution in [1.82, 2.24) is 5.32 Å². The highest BCUT2D eigenvalue weighted by Gasteiger charge is 2.13. The van der Waals surface area contributed by atoms with Gasteiger partial charge in [-0.15, -0.1) is 0 Å². The smallest absolute Gasteiger partial charge is 0.133 e. The highest BCUT2D eigenvalue weighted by Crippen LogP contribution is 2.33. The number of hydrogen-bond acceptors (Lipinski definition) is 2. The van der Waals surface area contributed by atoms with E-state index in [1.807, 2.05) is 39.1 Å². The fourth-order valence-corrected chi connectivity index (χ4v) is 2.29. The summed E-state index contributed by atoms with van der Waals surface area (Å²) in [6.07, 6.45) is 0. The van der Waals surface area contributed by atoms with Crippen molar-refractivity contribution >= 4 is 15.9 Å². The molecule has 2 nitrogen and oxygen atoms in total. The lowest BCUT2D eigenvalue weighted by molar-refractivity contribution is 0.458. The van der Waals surface area contributed by atoms with E-state index in [0.29, 0.717) is 5.75 Å². The fraction of sp³-hybridized carbons (Fsp3) is 0.250. The summed E-state index contributed by atoms with van der Waals surface area (Å²) >= 11 is 3.46. The lowest BCUT2D eigenvalue weighted by Crippen LogP contribution is -2.13. The van der Waals surface area contributed by atoms with Gasteiger partial charge in [0.25, 0.3) is 0 Å². The van der Waals surface area contributed by atoms with Crippen LogP contribution >= 0.6 is 15.9 Å². The molecule has 0 radical (unpaired) electrons. The maximum absolute atomic E-state index is 13.3. The molecule has 1 atom stereocenters. The molecule has 106 valence electrons. The summed E-state index contributed by atoms with van der Waals surface area (Å²) in [7, 11) is 1.89. The molecule has 4 heteroatoms. The van der Waals surface area contributed by atoms with Crippen LogP contribution in [0.15, 0.2) is 40.9 Å². The standard InChI is InChI=1S/C16H17BrFNO/c1-10-4-6-13(18)9-16(10)20-15-7-5-12(17)8-14(15)11(2)19-3/h4-9,11,19H,1-3H3. The Balaban J connectivity index is 2.40. The predicted molar refractivity (Wildman–Crippen MR) is 82.8 cm³/mol. The van der Waals surface area contributed by atoms with Gasteiger partial charge in [-0.05, 0) is 50.7 Å². The Morgan fingerprint density at radius 3 is 2.60 bits per heavy atom. The first-order chi connectivity index (χ1) is 9.51. The third kappa shape index (κ3) is 3.38. The van der Waals surface area contributed by atoms with Crippen LogP contribution in [-0.4, -0.2) is 7.05 Å². The van der Waals surface area contributed by atoms with Gasteiger partial charge in [-0.2, -0.15) is 0 Å². The molecule has 20 heavy (non-hydrogen) atoms. The van der Waals surface area contributed by atoms with Crippen LogP contribution in [0.5, 0.6) is 11.5 Å². The van der Waals surface area contributed by atoms with E-state index in [0.717, 1.165) is 21.3 Å². The lowest BCUT2D eigenvalue weighted by Gasteiger charge is -2.17. The summed E-state index contributed by atoms with van der Waals surface area (Å²) in [4.78, 5) is 0. The van der Waals surface area contributed by atoms with E-state index in [2.05, 4.69) is 21.2 Å². The molecule has 0 heterocycles. The number of ether oxygens (including phenoxy) is 1. The predicted octanol–water partition coefficient (Wildman–Crippen LogP) is 4.97. The topological polar surface area (TPSA) is 21.3 Å². The van der Waals surface area contributed by atoms with Crippen molar-refractivity contribution in [3.63, 3.8) is 0 Å². The van der Waals surface area contributed by atoms with Crippen molar-refractivity contribution in [2.24, 2.45) is 0 Å². The normalized spacial score (nSPS) is 12.2. The number of nitrogens with one attached hydrogen (secondary N) is 1. The second kappa shape index (κ2) is 6.37. The zero-order valence-corrected chi connectivity index (χ0v) is 13.3. The van der Waals surface area contributed by atoms with Crippen molar-refractivity contribution < 1.29 is 9.13 Å². The van der Waals surface area contributed by atoms with Crippen LogP contribution in [0.2, 0.25) is 0 Å². The van der Waals surface area contributed by atoms with Gasteiger partial charge in [-0.1, -0.05) is 22.0 Å². The third-order valence-electron chi connectivity index (χ3n) is 3.24. The monoisotopic (exact) mass is 337 g/mol. The van der Waals surface area contributed by atoms with Crippen LogP contribution in [-0.2, 0) is 0 Å². The van der Waals surface area contributed by atoms with Crippen LogP contribution in [0.3, 0.4) is 0 Å². The fourth-order valence-electron chi connectivity index (χ4n) is 1.91. The van der Waals surface area contributed by atoms with E-state index in [-0.39, 0.29) is 11.9 Å². The van der Waals surface area contributed by atoms with E-state index >= 15 is 0 Å². The summed E-state index contributed by atoms with van der Waals surface area (Å²) < 4.78 is 20.2. The molecule has 2 aromatic carbocycles. The SMILES string of the molecule is CNC(C)c1cc(Br)ccc1Oc1cc(F)ccc1C. The summed E-state index contributed by atoms with van der Waals surface area (Å²) in [5, 5.41) is 3.19. The first kappa shape index (κ1) is 15.0. The van der Waals surface area contributed by atoms with Crippen molar-refractivity contribution in [1.29, 1.82) is 0 Å². The minimum Gasteiger partial charge on any atom is -0.457 e. The van der Waals surface area contributed by atoms with Crippen LogP contribution in [0.4, 0.5) is 4.39 Å². The largest absolute Gasteiger partial charge is 0.457 e. The van der Waals surface area contributed by atoms with Crippen molar-refractivity contribution in [3.05, 3.63) is 57.8 Å². The molecule has 2 aromatic rings. The molecule has 0 aliphatic carbocycles. The minimum atomic E-state index is -0.300. The van der Waals surface area contributed by atoms with Crippen LogP contribution < -0.4 is 10.1 Å². The summed E-state index contributed by atoms with van der Waals surface area (Å²) in [5.74, 6) is 0.964. The van der Waals surface area contributed by atoms with Gasteiger partial charge in [0.05, 0.1) is 0 Å². The van der Waals surface area contributed by atoms with Gasteiger partial charge < -0.3 is 10.1 Å². The third-order valence-corrected chi connectivity index (χ3v) is 3.73. The Hall–Kier alpha value is -1.39. The number of hydrogen-bond donors (Lipinski definition) is 1. The molecule has 0 aliphatic heterocycles. The summed E-state index contributed by atoms with van der Waals surface area (Å²) in [6, 6.07) is 10.5. The van der Waals surface area contributed by atoms with Gasteiger partial charge in [0.2, 0.25) is 0 Å². The molecule has 0 amide bonds. The summed E-state index contributed by atoms with van der Waals surface area (Å²) in [6.45, 7) is 3.95. The quantitative estimate of drug-likeness (QED) is 0.850. The Morgan fingerprint density at radius 2 is 1.90 bits per heavy atom. The zero-order valence-electron chi connectivity index (χ0n) is 11.7. The highest BCUT2D eigenvalue weighted by atomic mass is 79.9. The van der Waals surface area contributed by atoms with Crippen LogP contribution in [0.25, 0.3) is 0 Å². The molecule has 2 rings (SSSR count). The molecule has 0 spiro atoms. The highest BCUT2D eigenvalue weighted by molar-refractivity contribution is 9.10. The minimum absolute atomic E-state index is 0.136. The van der Waals surface area contributed by atoms with E-state index in [4.69, 9.17) is 4.74 Å². The maximum Gasteiger partial charge on any atom is 0.133 e. The average Bonchev–Trinajstić information content (AvgIpc) is 2.43. The van der Waals surface area contributed by atoms with Gasteiger partial charge in [0.15, 0.2) is 0 Å². The van der Waals surface area contributed by atoms with E-state index < -0.39 is 0 Å². The second-order valence-corrected chi connectivity index (χ2v) is 5.62. The van der Waals surface area contributed by atoms with E-state index in [1.165, 1.54) is 12.1 Å².